The number of phosphoric acid groups is 1. The quantitative estimate of drug-likeness (QED) is 0.0297. The molecule has 65 heavy (non-hydrogen) atoms. The monoisotopic (exact) mass is 946 g/mol. The van der Waals surface area contributed by atoms with Gasteiger partial charge in [-0.15, -0.1) is 0 Å². The van der Waals surface area contributed by atoms with Crippen LogP contribution in [0.2, 0.25) is 18.1 Å². The van der Waals surface area contributed by atoms with E-state index in [0.717, 1.165) is 38.5 Å². The lowest BCUT2D eigenvalue weighted by molar-refractivity contribution is -0.254. The van der Waals surface area contributed by atoms with Gasteiger partial charge >= 0.3 is 13.8 Å². The van der Waals surface area contributed by atoms with Gasteiger partial charge in [0, 0.05) is 12.8 Å². The molecule has 1 heterocycles. The topological polar surface area (TPSA) is 139 Å². The molecule has 0 radical (unpaired) electrons. The van der Waals surface area contributed by atoms with Crippen molar-refractivity contribution in [2.75, 3.05) is 6.61 Å². The molecule has 2 N–H and O–H groups in total. The number of nitrogens with one attached hydrogen (secondary N) is 1. The molecule has 2 aromatic carbocycles. The second kappa shape index (κ2) is 31.3. The summed E-state index contributed by atoms with van der Waals surface area (Å²) < 4.78 is 52.8. The lowest BCUT2D eigenvalue weighted by atomic mass is 9.96. The van der Waals surface area contributed by atoms with Crippen molar-refractivity contribution in [1.82, 2.24) is 5.32 Å². The third kappa shape index (κ3) is 22.7. The zero-order valence-electron chi connectivity index (χ0n) is 41.4. The third-order valence-corrected chi connectivity index (χ3v) is 18.7. The highest BCUT2D eigenvalue weighted by Crippen LogP contribution is 2.52. The number of aliphatic hydroxyl groups is 1. The fraction of sp³-hybridized carbons (Fsp3) is 0.731. The molecule has 370 valence electrons. The number of phosphoric ester groups is 1. The number of para-hydroxylation sites is 2. The van der Waals surface area contributed by atoms with Gasteiger partial charge in [0.15, 0.2) is 20.7 Å². The largest absolute Gasteiger partial charge is 0.588 e. The minimum Gasteiger partial charge on any atom is -0.457 e. The number of unbranched alkanes of at least 4 members (excludes halogenated alkanes) is 20. The van der Waals surface area contributed by atoms with Crippen LogP contribution in [0.3, 0.4) is 0 Å². The molecule has 1 saturated heterocycles. The standard InChI is InChI=1S/C52H88NO10PSi/c1-8-10-12-14-16-18-20-22-24-26-34-40-46(54)53-48-50(60-47(55)41-35-27-25-23-21-19-17-15-13-11-9-2)49(45(59-51(48)56)42-58-65(6,7)52(3,4)5)63-64(57,61-43-36-30-28-31-37-43)62-44-38-32-29-33-39-44/h28-33,36-39,45,48-51,56H,8-27,34-35,40-42H2,1-7H3,(H,53,54)/t45-,48-,49-,50-,51?/m1/s1. The maximum atomic E-state index is 15.0. The Bertz CT molecular complexity index is 1560. The van der Waals surface area contributed by atoms with Crippen molar-refractivity contribution in [3.8, 4) is 11.5 Å². The summed E-state index contributed by atoms with van der Waals surface area (Å²) in [5.41, 5.74) is 0. The molecule has 1 aliphatic rings. The van der Waals surface area contributed by atoms with Crippen LogP contribution in [0.1, 0.15) is 189 Å². The predicted octanol–water partition coefficient (Wildman–Crippen LogP) is 14.2. The fourth-order valence-electron chi connectivity index (χ4n) is 7.77. The van der Waals surface area contributed by atoms with Crippen molar-refractivity contribution >= 4 is 28.0 Å². The van der Waals surface area contributed by atoms with Crippen LogP contribution in [-0.2, 0) is 32.6 Å². The number of benzene rings is 2. The number of hydrogen-bond donors (Lipinski definition) is 2. The summed E-state index contributed by atoms with van der Waals surface area (Å²) in [4.78, 5) is 27.5. The van der Waals surface area contributed by atoms with E-state index in [2.05, 4.69) is 53.0 Å². The number of hydrogen-bond acceptors (Lipinski definition) is 10. The Morgan fingerprint density at radius 2 is 1.06 bits per heavy atom. The Labute approximate surface area is 394 Å². The lowest BCUT2D eigenvalue weighted by Gasteiger charge is -2.46. The number of carbonyl (C=O) groups is 2. The van der Waals surface area contributed by atoms with Crippen molar-refractivity contribution in [2.45, 2.75) is 237 Å². The van der Waals surface area contributed by atoms with Crippen LogP contribution in [-0.4, -0.2) is 62.6 Å². The number of aliphatic hydroxyl groups excluding tert-OH is 1. The van der Waals surface area contributed by atoms with E-state index in [1.165, 1.54) is 89.9 Å². The van der Waals surface area contributed by atoms with E-state index < -0.39 is 52.8 Å². The van der Waals surface area contributed by atoms with Gasteiger partial charge in [0.25, 0.3) is 0 Å². The van der Waals surface area contributed by atoms with Crippen LogP contribution in [0.15, 0.2) is 60.7 Å². The summed E-state index contributed by atoms with van der Waals surface area (Å²) in [5.74, 6) is -0.400. The summed E-state index contributed by atoms with van der Waals surface area (Å²) in [7, 11) is -7.05. The second-order valence-electron chi connectivity index (χ2n) is 19.6. The van der Waals surface area contributed by atoms with Crippen LogP contribution in [0.4, 0.5) is 0 Å². The summed E-state index contributed by atoms with van der Waals surface area (Å²) >= 11 is 0. The Morgan fingerprint density at radius 3 is 1.49 bits per heavy atom. The van der Waals surface area contributed by atoms with Crippen LogP contribution in [0.5, 0.6) is 11.5 Å². The molecule has 5 atom stereocenters. The molecule has 1 amide bonds. The van der Waals surface area contributed by atoms with E-state index in [4.69, 9.17) is 27.5 Å². The van der Waals surface area contributed by atoms with E-state index in [1.54, 1.807) is 60.7 Å². The van der Waals surface area contributed by atoms with Crippen LogP contribution in [0, 0.1) is 0 Å². The number of amides is 1. The summed E-state index contributed by atoms with van der Waals surface area (Å²) in [6.07, 6.45) is 20.0. The minimum absolute atomic E-state index is 0.0824. The molecule has 13 heteroatoms. The normalized spacial score (nSPS) is 19.2. The van der Waals surface area contributed by atoms with Crippen LogP contribution in [0.25, 0.3) is 0 Å². The highest BCUT2D eigenvalue weighted by Gasteiger charge is 2.54. The average Bonchev–Trinajstić information content (AvgIpc) is 3.26. The molecule has 0 aromatic heterocycles. The zero-order valence-corrected chi connectivity index (χ0v) is 43.3. The van der Waals surface area contributed by atoms with E-state index in [-0.39, 0.29) is 41.9 Å². The van der Waals surface area contributed by atoms with Gasteiger partial charge in [-0.05, 0) is 55.2 Å². The molecule has 1 unspecified atom stereocenters. The number of esters is 1. The molecule has 11 nitrogen and oxygen atoms in total. The minimum atomic E-state index is -4.63. The molecule has 0 bridgehead atoms. The number of ether oxygens (including phenoxy) is 2. The highest BCUT2D eigenvalue weighted by atomic mass is 31.2. The smallest absolute Gasteiger partial charge is 0.457 e. The first-order valence-corrected chi connectivity index (χ1v) is 29.8. The fourth-order valence-corrected chi connectivity index (χ4v) is 10.2. The van der Waals surface area contributed by atoms with Gasteiger partial charge in [-0.3, -0.25) is 14.1 Å². The second-order valence-corrected chi connectivity index (χ2v) is 25.9. The maximum absolute atomic E-state index is 15.0. The van der Waals surface area contributed by atoms with Gasteiger partial charge in [-0.1, -0.05) is 199 Å². The first-order chi connectivity index (χ1) is 31.2. The van der Waals surface area contributed by atoms with Crippen molar-refractivity contribution < 1.29 is 46.7 Å². The van der Waals surface area contributed by atoms with Crippen LogP contribution >= 0.6 is 7.82 Å². The molecule has 0 spiro atoms. The van der Waals surface area contributed by atoms with E-state index >= 15 is 4.57 Å². The Hall–Kier alpha value is -2.73. The molecule has 0 aliphatic carbocycles. The van der Waals surface area contributed by atoms with Gasteiger partial charge in [0.05, 0.1) is 6.61 Å². The van der Waals surface area contributed by atoms with Gasteiger partial charge in [-0.25, -0.2) is 4.57 Å². The Balaban J connectivity index is 1.84. The Kier molecular flexibility index (Phi) is 27.3. The molecule has 2 aromatic rings. The Morgan fingerprint density at radius 1 is 0.646 bits per heavy atom. The molecule has 1 fully saturated rings. The third-order valence-electron chi connectivity index (χ3n) is 12.8. The summed E-state index contributed by atoms with van der Waals surface area (Å²) in [6.45, 7) is 14.9. The van der Waals surface area contributed by atoms with E-state index in [0.29, 0.717) is 12.8 Å². The van der Waals surface area contributed by atoms with Gasteiger partial charge < -0.3 is 33.4 Å². The molecule has 0 saturated carbocycles. The highest BCUT2D eigenvalue weighted by molar-refractivity contribution is 7.49. The zero-order chi connectivity index (χ0) is 47.4. The summed E-state index contributed by atoms with van der Waals surface area (Å²) in [6, 6.07) is 15.8. The van der Waals surface area contributed by atoms with Gasteiger partial charge in [-0.2, -0.15) is 0 Å². The SMILES string of the molecule is CCCCCCCCCCCCCC(=O)N[C@H]1C(O)O[C@H](CO[Si](C)(C)C(C)(C)C)[C@@H](OP(=O)(Oc2ccccc2)Oc2ccccc2)[C@@H]1OC(=O)CCCCCCCCCCCCC. The first-order valence-electron chi connectivity index (χ1n) is 25.4. The molecule has 1 aliphatic heterocycles. The predicted molar refractivity (Wildman–Crippen MR) is 265 cm³/mol. The summed E-state index contributed by atoms with van der Waals surface area (Å²) in [5, 5.41) is 14.5. The molecular formula is C52H88NO10PSi. The molecule has 3 rings (SSSR count). The van der Waals surface area contributed by atoms with Gasteiger partial charge in [0.2, 0.25) is 5.91 Å². The molecular weight excluding hydrogens is 858 g/mol. The van der Waals surface area contributed by atoms with Crippen molar-refractivity contribution in [2.24, 2.45) is 0 Å². The number of rotatable bonds is 35. The lowest BCUT2D eigenvalue weighted by Crippen LogP contribution is -2.66. The average molecular weight is 946 g/mol. The number of carbonyl (C=O) groups excluding carboxylic acids is 2. The van der Waals surface area contributed by atoms with E-state index in [9.17, 15) is 14.7 Å². The van der Waals surface area contributed by atoms with Crippen molar-refractivity contribution in [1.29, 1.82) is 0 Å². The van der Waals surface area contributed by atoms with Gasteiger partial charge in [0.1, 0.15) is 29.7 Å². The van der Waals surface area contributed by atoms with E-state index in [1.807, 2.05) is 0 Å². The van der Waals surface area contributed by atoms with Crippen LogP contribution < -0.4 is 14.4 Å². The van der Waals surface area contributed by atoms with Crippen molar-refractivity contribution in [3.63, 3.8) is 0 Å². The van der Waals surface area contributed by atoms with Crippen molar-refractivity contribution in [3.05, 3.63) is 60.7 Å². The first kappa shape index (κ1) is 56.6. The maximum Gasteiger partial charge on any atom is 0.588 e.